The Morgan fingerprint density at radius 1 is 1.60 bits per heavy atom. The van der Waals surface area contributed by atoms with Crippen LogP contribution in [0.3, 0.4) is 0 Å². The van der Waals surface area contributed by atoms with E-state index < -0.39 is 22.2 Å². The van der Waals surface area contributed by atoms with Crippen molar-refractivity contribution in [2.45, 2.75) is 10.4 Å². The number of nitrogens with zero attached hydrogens (tertiary/aromatic N) is 1. The van der Waals surface area contributed by atoms with Gasteiger partial charge in [-0.25, -0.2) is 9.78 Å². The normalized spacial score (nSPS) is 11.5. The molecular formula is C5HClF3NO3S2. The standard InChI is InChI=1S/C5HClF3NO3S2/c6-3-10-1(5(7,8)9)2(14-3)15-13-4(11)12/h(H,11,12). The van der Waals surface area contributed by atoms with Crippen LogP contribution in [-0.2, 0) is 10.4 Å². The molecule has 0 aliphatic heterocycles. The summed E-state index contributed by atoms with van der Waals surface area (Å²) < 4.78 is 39.9. The number of carboxylic acid groups (broad SMARTS) is 1. The van der Waals surface area contributed by atoms with Crippen LogP contribution in [0.5, 0.6) is 0 Å². The lowest BCUT2D eigenvalue weighted by Crippen LogP contribution is -2.07. The van der Waals surface area contributed by atoms with E-state index in [9.17, 15) is 18.0 Å². The van der Waals surface area contributed by atoms with Gasteiger partial charge in [0, 0.05) is 0 Å². The van der Waals surface area contributed by atoms with Crippen molar-refractivity contribution in [2.75, 3.05) is 0 Å². The Labute approximate surface area is 94.2 Å². The molecule has 0 fully saturated rings. The first-order valence-corrected chi connectivity index (χ1v) is 5.05. The summed E-state index contributed by atoms with van der Waals surface area (Å²) >= 11 is 5.83. The highest BCUT2D eigenvalue weighted by molar-refractivity contribution is 7.97. The fraction of sp³-hybridized carbons (Fsp3) is 0.200. The molecule has 0 amide bonds. The lowest BCUT2D eigenvalue weighted by molar-refractivity contribution is -0.142. The van der Waals surface area contributed by atoms with Crippen molar-refractivity contribution >= 4 is 41.1 Å². The minimum Gasteiger partial charge on any atom is -0.449 e. The number of rotatable bonds is 2. The molecule has 15 heavy (non-hydrogen) atoms. The average molecular weight is 280 g/mol. The van der Waals surface area contributed by atoms with Crippen molar-refractivity contribution in [1.82, 2.24) is 4.98 Å². The average Bonchev–Trinajstić information content (AvgIpc) is 2.42. The molecular weight excluding hydrogens is 279 g/mol. The highest BCUT2D eigenvalue weighted by Crippen LogP contribution is 2.41. The summed E-state index contributed by atoms with van der Waals surface area (Å²) in [6, 6.07) is 0. The summed E-state index contributed by atoms with van der Waals surface area (Å²) in [5.41, 5.74) is -1.25. The molecule has 10 heteroatoms. The van der Waals surface area contributed by atoms with Gasteiger partial charge in [-0.1, -0.05) is 22.9 Å². The number of alkyl halides is 3. The zero-order valence-corrected chi connectivity index (χ0v) is 8.93. The summed E-state index contributed by atoms with van der Waals surface area (Å²) in [5.74, 6) is 0. The predicted octanol–water partition coefficient (Wildman–Crippen LogP) is 3.52. The van der Waals surface area contributed by atoms with E-state index in [1.165, 1.54) is 0 Å². The summed E-state index contributed by atoms with van der Waals surface area (Å²) in [5, 5.41) is 8.10. The molecule has 1 aromatic heterocycles. The van der Waals surface area contributed by atoms with E-state index in [1.807, 2.05) is 0 Å². The minimum absolute atomic E-state index is 0.0549. The molecule has 0 radical (unpaired) electrons. The van der Waals surface area contributed by atoms with E-state index >= 15 is 0 Å². The number of carbonyl (C=O) groups is 1. The van der Waals surface area contributed by atoms with Gasteiger partial charge in [-0.3, -0.25) is 0 Å². The van der Waals surface area contributed by atoms with E-state index in [-0.39, 0.29) is 16.5 Å². The molecule has 1 N–H and O–H groups in total. The highest BCUT2D eigenvalue weighted by Gasteiger charge is 2.38. The molecule has 1 aromatic rings. The van der Waals surface area contributed by atoms with Crippen LogP contribution in [0.15, 0.2) is 4.21 Å². The van der Waals surface area contributed by atoms with Gasteiger partial charge in [-0.2, -0.15) is 13.2 Å². The Morgan fingerprint density at radius 2 is 2.20 bits per heavy atom. The van der Waals surface area contributed by atoms with E-state index in [4.69, 9.17) is 16.7 Å². The molecule has 0 unspecified atom stereocenters. The van der Waals surface area contributed by atoms with Crippen LogP contribution in [0.2, 0.25) is 4.47 Å². The molecule has 0 aromatic carbocycles. The van der Waals surface area contributed by atoms with E-state index in [1.54, 1.807) is 0 Å². The molecule has 1 heterocycles. The summed E-state index contributed by atoms with van der Waals surface area (Å²) in [6.07, 6.45) is -6.38. The SMILES string of the molecule is O=C(O)OSc1sc(Cl)nc1C(F)(F)F. The van der Waals surface area contributed by atoms with Gasteiger partial charge in [0.15, 0.2) is 10.2 Å². The van der Waals surface area contributed by atoms with Crippen LogP contribution in [0.1, 0.15) is 5.69 Å². The van der Waals surface area contributed by atoms with Crippen molar-refractivity contribution < 1.29 is 27.3 Å². The lowest BCUT2D eigenvalue weighted by atomic mass is 10.5. The first-order chi connectivity index (χ1) is 6.80. The van der Waals surface area contributed by atoms with Gasteiger partial charge >= 0.3 is 12.3 Å². The van der Waals surface area contributed by atoms with Gasteiger partial charge < -0.3 is 9.29 Å². The molecule has 84 valence electrons. The third kappa shape index (κ3) is 3.43. The molecule has 4 nitrogen and oxygen atoms in total. The van der Waals surface area contributed by atoms with Crippen LogP contribution >= 0.6 is 35.0 Å². The smallest absolute Gasteiger partial charge is 0.449 e. The van der Waals surface area contributed by atoms with Crippen molar-refractivity contribution in [1.29, 1.82) is 0 Å². The molecule has 0 bridgehead atoms. The molecule has 0 saturated carbocycles. The second kappa shape index (κ2) is 4.45. The summed E-state index contributed by atoms with van der Waals surface area (Å²) in [6.45, 7) is 0. The number of hydrogen-bond acceptors (Lipinski definition) is 5. The Bertz CT molecular complexity index is 380. The van der Waals surface area contributed by atoms with Crippen molar-refractivity contribution in [3.05, 3.63) is 10.2 Å². The fourth-order valence-electron chi connectivity index (χ4n) is 0.590. The van der Waals surface area contributed by atoms with Crippen LogP contribution in [0.25, 0.3) is 0 Å². The lowest BCUT2D eigenvalue weighted by Gasteiger charge is -2.03. The topological polar surface area (TPSA) is 59.4 Å². The second-order valence-corrected chi connectivity index (χ2v) is 4.61. The van der Waals surface area contributed by atoms with Crippen LogP contribution in [0.4, 0.5) is 18.0 Å². The molecule has 1 rings (SSSR count). The maximum atomic E-state index is 12.3. The number of thiazole rings is 1. The summed E-state index contributed by atoms with van der Waals surface area (Å²) in [7, 11) is 0. The van der Waals surface area contributed by atoms with Gasteiger partial charge in [0.25, 0.3) is 0 Å². The maximum absolute atomic E-state index is 12.3. The van der Waals surface area contributed by atoms with Crippen molar-refractivity contribution in [3.63, 3.8) is 0 Å². The monoisotopic (exact) mass is 279 g/mol. The highest BCUT2D eigenvalue weighted by atomic mass is 35.5. The second-order valence-electron chi connectivity index (χ2n) is 2.03. The Balaban J connectivity index is 2.91. The Kier molecular flexibility index (Phi) is 3.68. The zero-order valence-electron chi connectivity index (χ0n) is 6.54. The van der Waals surface area contributed by atoms with Crippen LogP contribution in [0, 0.1) is 0 Å². The minimum atomic E-state index is -4.69. The van der Waals surface area contributed by atoms with Crippen molar-refractivity contribution in [3.8, 4) is 0 Å². The van der Waals surface area contributed by atoms with Crippen LogP contribution < -0.4 is 0 Å². The number of hydrogen-bond donors (Lipinski definition) is 1. The van der Waals surface area contributed by atoms with Gasteiger partial charge in [0.1, 0.15) is 16.3 Å². The zero-order chi connectivity index (χ0) is 11.6. The molecule has 0 spiro atoms. The number of halogens is 4. The first kappa shape index (κ1) is 12.4. The molecule has 0 saturated heterocycles. The third-order valence-corrected chi connectivity index (χ3v) is 3.01. The van der Waals surface area contributed by atoms with E-state index in [0.717, 1.165) is 0 Å². The summed E-state index contributed by atoms with van der Waals surface area (Å²) in [4.78, 5) is 13.0. The van der Waals surface area contributed by atoms with Crippen molar-refractivity contribution in [2.24, 2.45) is 0 Å². The van der Waals surface area contributed by atoms with Crippen LogP contribution in [-0.4, -0.2) is 16.2 Å². The Morgan fingerprint density at radius 3 is 2.67 bits per heavy atom. The quantitative estimate of drug-likeness (QED) is 0.839. The van der Waals surface area contributed by atoms with Gasteiger partial charge in [-0.05, 0) is 0 Å². The molecule has 0 aliphatic rings. The van der Waals surface area contributed by atoms with E-state index in [0.29, 0.717) is 11.3 Å². The third-order valence-electron chi connectivity index (χ3n) is 1.03. The van der Waals surface area contributed by atoms with Gasteiger partial charge in [0.05, 0.1) is 0 Å². The van der Waals surface area contributed by atoms with Gasteiger partial charge in [0.2, 0.25) is 0 Å². The Hall–Kier alpha value is -0.670. The molecule has 0 atom stereocenters. The van der Waals surface area contributed by atoms with E-state index in [2.05, 4.69) is 9.17 Å². The van der Waals surface area contributed by atoms with Gasteiger partial charge in [-0.15, -0.1) is 0 Å². The first-order valence-electron chi connectivity index (χ1n) is 3.11. The molecule has 0 aliphatic carbocycles. The maximum Gasteiger partial charge on any atom is 0.518 e. The largest absolute Gasteiger partial charge is 0.518 e. The predicted molar refractivity (Wildman–Crippen MR) is 47.1 cm³/mol. The number of aromatic nitrogens is 1. The fourth-order valence-corrected chi connectivity index (χ4v) is 2.45.